The molecule has 1 aliphatic carbocycles. The second-order valence-corrected chi connectivity index (χ2v) is 8.14. The van der Waals surface area contributed by atoms with E-state index in [1.165, 1.54) is 5.56 Å². The molecule has 3 atom stereocenters. The van der Waals surface area contributed by atoms with Crippen LogP contribution in [0.1, 0.15) is 48.4 Å². The lowest BCUT2D eigenvalue weighted by atomic mass is 10.0. The smallest absolute Gasteiger partial charge is 0.306 e. The monoisotopic (exact) mass is 372 g/mol. The summed E-state index contributed by atoms with van der Waals surface area (Å²) in [4.78, 5) is 29.3. The predicted octanol–water partition coefficient (Wildman–Crippen LogP) is 4.11. The van der Waals surface area contributed by atoms with E-state index in [9.17, 15) is 9.59 Å². The molecule has 2 aromatic rings. The van der Waals surface area contributed by atoms with Crippen LogP contribution in [-0.4, -0.2) is 22.0 Å². The maximum atomic E-state index is 12.5. The Labute approximate surface area is 157 Å². The fourth-order valence-corrected chi connectivity index (χ4v) is 4.54. The summed E-state index contributed by atoms with van der Waals surface area (Å²) >= 11 is 1.60. The highest BCUT2D eigenvalue weighted by molar-refractivity contribution is 7.15. The van der Waals surface area contributed by atoms with Gasteiger partial charge in [0.1, 0.15) is 5.01 Å². The molecule has 0 radical (unpaired) electrons. The van der Waals surface area contributed by atoms with Gasteiger partial charge in [0.15, 0.2) is 0 Å². The molecule has 0 bridgehead atoms. The molecule has 26 heavy (non-hydrogen) atoms. The molecule has 1 heterocycles. The average Bonchev–Trinajstić information content (AvgIpc) is 3.22. The van der Waals surface area contributed by atoms with Crippen LogP contribution in [0, 0.1) is 25.7 Å². The van der Waals surface area contributed by atoms with Crippen molar-refractivity contribution in [2.24, 2.45) is 11.8 Å². The van der Waals surface area contributed by atoms with Gasteiger partial charge in [0, 0.05) is 11.5 Å². The number of hydrogen-bond donors (Lipinski definition) is 2. The van der Waals surface area contributed by atoms with Gasteiger partial charge in [0.2, 0.25) is 5.91 Å². The summed E-state index contributed by atoms with van der Waals surface area (Å²) in [5.41, 5.74) is 3.21. The first-order valence-electron chi connectivity index (χ1n) is 8.92. The number of nitrogens with one attached hydrogen (secondary N) is 1. The van der Waals surface area contributed by atoms with Gasteiger partial charge in [0.05, 0.1) is 22.5 Å². The number of carbonyl (C=O) groups is 2. The molecule has 1 unspecified atom stereocenters. The third kappa shape index (κ3) is 3.96. The highest BCUT2D eigenvalue weighted by atomic mass is 32.1. The molecule has 0 aliphatic heterocycles. The Balaban J connectivity index is 1.68. The highest BCUT2D eigenvalue weighted by Gasteiger charge is 2.34. The topological polar surface area (TPSA) is 79.3 Å². The molecule has 6 heteroatoms. The first kappa shape index (κ1) is 18.6. The Morgan fingerprint density at radius 3 is 2.46 bits per heavy atom. The van der Waals surface area contributed by atoms with Crippen LogP contribution >= 0.6 is 11.3 Å². The largest absolute Gasteiger partial charge is 0.481 e. The molecule has 1 amide bonds. The number of rotatable bonds is 5. The number of aliphatic carboxylic acids is 1. The van der Waals surface area contributed by atoms with E-state index in [0.29, 0.717) is 19.3 Å². The SMILES string of the molecule is Cc1ccc(-c2nc(C)c(C(C)NC(=O)[C@@H]3CC[C@H](C(=O)O)C3)s2)cc1. The first-order valence-corrected chi connectivity index (χ1v) is 9.74. The van der Waals surface area contributed by atoms with E-state index in [2.05, 4.69) is 41.5 Å². The van der Waals surface area contributed by atoms with E-state index < -0.39 is 5.97 Å². The minimum absolute atomic E-state index is 0.0501. The van der Waals surface area contributed by atoms with Crippen LogP contribution in [0.4, 0.5) is 0 Å². The second-order valence-electron chi connectivity index (χ2n) is 7.11. The Bertz CT molecular complexity index is 813. The summed E-state index contributed by atoms with van der Waals surface area (Å²) < 4.78 is 0. The van der Waals surface area contributed by atoms with Crippen LogP contribution in [0.15, 0.2) is 24.3 Å². The van der Waals surface area contributed by atoms with Gasteiger partial charge < -0.3 is 10.4 Å². The van der Waals surface area contributed by atoms with Gasteiger partial charge >= 0.3 is 5.97 Å². The van der Waals surface area contributed by atoms with Crippen LogP contribution in [-0.2, 0) is 9.59 Å². The van der Waals surface area contributed by atoms with E-state index in [0.717, 1.165) is 21.1 Å². The molecule has 1 saturated carbocycles. The summed E-state index contributed by atoms with van der Waals surface area (Å²) in [5, 5.41) is 13.1. The maximum absolute atomic E-state index is 12.5. The van der Waals surface area contributed by atoms with Crippen molar-refractivity contribution in [1.82, 2.24) is 10.3 Å². The van der Waals surface area contributed by atoms with Crippen LogP contribution in [0.25, 0.3) is 10.6 Å². The third-order valence-electron chi connectivity index (χ3n) is 5.04. The van der Waals surface area contributed by atoms with Crippen molar-refractivity contribution in [2.45, 2.75) is 46.1 Å². The van der Waals surface area contributed by atoms with E-state index >= 15 is 0 Å². The van der Waals surface area contributed by atoms with Crippen molar-refractivity contribution >= 4 is 23.2 Å². The zero-order valence-corrected chi connectivity index (χ0v) is 16.1. The summed E-state index contributed by atoms with van der Waals surface area (Å²) in [6.45, 7) is 5.97. The maximum Gasteiger partial charge on any atom is 0.306 e. The normalized spacial score (nSPS) is 20.7. The van der Waals surface area contributed by atoms with Gasteiger partial charge in [-0.25, -0.2) is 4.98 Å². The van der Waals surface area contributed by atoms with Gasteiger partial charge in [-0.05, 0) is 40.0 Å². The van der Waals surface area contributed by atoms with Crippen molar-refractivity contribution in [3.63, 3.8) is 0 Å². The Kier molecular flexibility index (Phi) is 5.41. The van der Waals surface area contributed by atoms with Crippen LogP contribution in [0.3, 0.4) is 0 Å². The van der Waals surface area contributed by atoms with Crippen molar-refractivity contribution in [2.75, 3.05) is 0 Å². The summed E-state index contributed by atoms with van der Waals surface area (Å²) in [7, 11) is 0. The van der Waals surface area contributed by atoms with Crippen LogP contribution in [0.2, 0.25) is 0 Å². The molecule has 5 nitrogen and oxygen atoms in total. The third-order valence-corrected chi connectivity index (χ3v) is 6.42. The Morgan fingerprint density at radius 2 is 1.85 bits per heavy atom. The van der Waals surface area contributed by atoms with Crippen molar-refractivity contribution in [3.05, 3.63) is 40.4 Å². The van der Waals surface area contributed by atoms with Gasteiger partial charge in [0.25, 0.3) is 0 Å². The van der Waals surface area contributed by atoms with Crippen LogP contribution < -0.4 is 5.32 Å². The average molecular weight is 372 g/mol. The van der Waals surface area contributed by atoms with Gasteiger partial charge in [-0.1, -0.05) is 29.8 Å². The minimum Gasteiger partial charge on any atom is -0.481 e. The summed E-state index contributed by atoms with van der Waals surface area (Å²) in [5.74, 6) is -1.44. The van der Waals surface area contributed by atoms with Gasteiger partial charge in [-0.2, -0.15) is 0 Å². The standard InChI is InChI=1S/C20H24N2O3S/c1-11-4-6-14(7-5-11)19-22-13(3)17(26-19)12(2)21-18(23)15-8-9-16(10-15)20(24)25/h4-7,12,15-16H,8-10H2,1-3H3,(H,21,23)(H,24,25)/t12?,15-,16+/m1/s1. The lowest BCUT2D eigenvalue weighted by molar-refractivity contribution is -0.141. The molecular formula is C20H24N2O3S. The summed E-state index contributed by atoms with van der Waals surface area (Å²) in [6, 6.07) is 8.12. The molecular weight excluding hydrogens is 348 g/mol. The number of carbonyl (C=O) groups excluding carboxylic acids is 1. The van der Waals surface area contributed by atoms with E-state index in [-0.39, 0.29) is 23.8 Å². The molecule has 3 rings (SSSR count). The molecule has 1 aromatic heterocycles. The molecule has 1 aliphatic rings. The Morgan fingerprint density at radius 1 is 1.19 bits per heavy atom. The van der Waals surface area contributed by atoms with Crippen molar-refractivity contribution in [1.29, 1.82) is 0 Å². The molecule has 2 N–H and O–H groups in total. The minimum atomic E-state index is -0.797. The van der Waals surface area contributed by atoms with Gasteiger partial charge in [-0.15, -0.1) is 11.3 Å². The summed E-state index contributed by atoms with van der Waals surface area (Å²) in [6.07, 6.45) is 1.66. The zero-order chi connectivity index (χ0) is 18.8. The predicted molar refractivity (Wildman–Crippen MR) is 102 cm³/mol. The Hall–Kier alpha value is -2.21. The highest BCUT2D eigenvalue weighted by Crippen LogP contribution is 2.34. The van der Waals surface area contributed by atoms with Gasteiger partial charge in [-0.3, -0.25) is 9.59 Å². The molecule has 1 aromatic carbocycles. The van der Waals surface area contributed by atoms with Crippen LogP contribution in [0.5, 0.6) is 0 Å². The molecule has 0 saturated heterocycles. The number of hydrogen-bond acceptors (Lipinski definition) is 4. The lowest BCUT2D eigenvalue weighted by Gasteiger charge is -2.16. The number of aromatic nitrogens is 1. The fraction of sp³-hybridized carbons (Fsp3) is 0.450. The molecule has 1 fully saturated rings. The number of carboxylic acids is 1. The number of aryl methyl sites for hydroxylation is 2. The second kappa shape index (κ2) is 7.58. The van der Waals surface area contributed by atoms with Crippen molar-refractivity contribution < 1.29 is 14.7 Å². The fourth-order valence-electron chi connectivity index (χ4n) is 3.47. The van der Waals surface area contributed by atoms with E-state index in [1.807, 2.05) is 13.8 Å². The molecule has 138 valence electrons. The zero-order valence-electron chi connectivity index (χ0n) is 15.3. The van der Waals surface area contributed by atoms with Crippen molar-refractivity contribution in [3.8, 4) is 10.6 Å². The van der Waals surface area contributed by atoms with E-state index in [4.69, 9.17) is 5.11 Å². The number of nitrogens with zero attached hydrogens (tertiary/aromatic N) is 1. The lowest BCUT2D eigenvalue weighted by Crippen LogP contribution is -2.32. The number of thiazole rings is 1. The molecule has 0 spiro atoms. The van der Waals surface area contributed by atoms with E-state index in [1.54, 1.807) is 11.3 Å². The number of benzene rings is 1. The quantitative estimate of drug-likeness (QED) is 0.828. The number of carboxylic acid groups (broad SMARTS) is 1. The first-order chi connectivity index (χ1) is 12.3. The number of amides is 1.